The topological polar surface area (TPSA) is 67.8 Å². The lowest BCUT2D eigenvalue weighted by Crippen LogP contribution is -2.22. The van der Waals surface area contributed by atoms with E-state index in [1.165, 1.54) is 5.56 Å². The fourth-order valence-electron chi connectivity index (χ4n) is 1.56. The van der Waals surface area contributed by atoms with Gasteiger partial charge in [-0.05, 0) is 30.5 Å². The molecule has 1 atom stereocenters. The van der Waals surface area contributed by atoms with Crippen LogP contribution in [0.5, 0.6) is 5.75 Å². The van der Waals surface area contributed by atoms with Crippen LogP contribution in [0.25, 0.3) is 0 Å². The molecule has 0 amide bonds. The molecule has 1 aromatic rings. The highest BCUT2D eigenvalue weighted by Gasteiger charge is 2.08. The van der Waals surface area contributed by atoms with Crippen molar-refractivity contribution >= 4 is 5.84 Å². The number of oxime groups is 1. The van der Waals surface area contributed by atoms with E-state index in [2.05, 4.69) is 25.1 Å². The average molecular weight is 236 g/mol. The number of nitrogens with zero attached hydrogens (tertiary/aromatic N) is 1. The molecule has 0 spiro atoms. The normalized spacial score (nSPS) is 13.8. The monoisotopic (exact) mass is 236 g/mol. The third kappa shape index (κ3) is 4.34. The molecular weight excluding hydrogens is 216 g/mol. The fraction of sp³-hybridized carbons (Fsp3) is 0.462. The van der Waals surface area contributed by atoms with E-state index in [9.17, 15) is 0 Å². The Labute approximate surface area is 102 Å². The van der Waals surface area contributed by atoms with Gasteiger partial charge in [0.1, 0.15) is 17.7 Å². The summed E-state index contributed by atoms with van der Waals surface area (Å²) in [5, 5.41) is 11.4. The first kappa shape index (κ1) is 13.4. The predicted molar refractivity (Wildman–Crippen MR) is 68.6 cm³/mol. The number of hydrogen-bond donors (Lipinski definition) is 2. The molecule has 0 aliphatic rings. The van der Waals surface area contributed by atoms with E-state index in [0.717, 1.165) is 5.75 Å². The third-order valence-corrected chi connectivity index (χ3v) is 2.49. The molecule has 0 saturated carbocycles. The van der Waals surface area contributed by atoms with Crippen molar-refractivity contribution in [3.63, 3.8) is 0 Å². The second kappa shape index (κ2) is 6.13. The molecule has 1 unspecified atom stereocenters. The number of ether oxygens (including phenoxy) is 1. The van der Waals surface area contributed by atoms with Crippen molar-refractivity contribution in [2.24, 2.45) is 10.9 Å². The van der Waals surface area contributed by atoms with Crippen molar-refractivity contribution < 1.29 is 9.94 Å². The Bertz CT molecular complexity index is 389. The van der Waals surface area contributed by atoms with Crippen LogP contribution in [0, 0.1) is 0 Å². The molecule has 0 aliphatic carbocycles. The van der Waals surface area contributed by atoms with E-state index < -0.39 is 0 Å². The van der Waals surface area contributed by atoms with Crippen LogP contribution in [0.3, 0.4) is 0 Å². The van der Waals surface area contributed by atoms with Gasteiger partial charge >= 0.3 is 0 Å². The molecular formula is C13H20N2O2. The van der Waals surface area contributed by atoms with Gasteiger partial charge in [0, 0.05) is 6.42 Å². The minimum absolute atomic E-state index is 0.117. The van der Waals surface area contributed by atoms with E-state index in [1.807, 2.05) is 25.1 Å². The molecule has 17 heavy (non-hydrogen) atoms. The molecule has 4 heteroatoms. The Balaban J connectivity index is 2.65. The summed E-state index contributed by atoms with van der Waals surface area (Å²) in [5.41, 5.74) is 6.66. The zero-order valence-electron chi connectivity index (χ0n) is 10.6. The quantitative estimate of drug-likeness (QED) is 0.357. The molecule has 0 radical (unpaired) electrons. The molecule has 4 nitrogen and oxygen atoms in total. The highest BCUT2D eigenvalue weighted by Crippen LogP contribution is 2.21. The van der Waals surface area contributed by atoms with Crippen LogP contribution < -0.4 is 10.5 Å². The minimum atomic E-state index is -0.117. The van der Waals surface area contributed by atoms with Crippen LogP contribution >= 0.6 is 0 Å². The zero-order valence-corrected chi connectivity index (χ0v) is 10.6. The van der Waals surface area contributed by atoms with Crippen LogP contribution in [0.15, 0.2) is 29.4 Å². The van der Waals surface area contributed by atoms with Gasteiger partial charge in [-0.1, -0.05) is 31.1 Å². The summed E-state index contributed by atoms with van der Waals surface area (Å²) in [4.78, 5) is 0. The Hall–Kier alpha value is -1.71. The largest absolute Gasteiger partial charge is 0.490 e. The predicted octanol–water partition coefficient (Wildman–Crippen LogP) is 2.71. The minimum Gasteiger partial charge on any atom is -0.490 e. The Morgan fingerprint density at radius 3 is 2.71 bits per heavy atom. The van der Waals surface area contributed by atoms with Gasteiger partial charge in [-0.15, -0.1) is 0 Å². The molecule has 1 aromatic carbocycles. The summed E-state index contributed by atoms with van der Waals surface area (Å²) < 4.78 is 5.71. The number of amidine groups is 1. The summed E-state index contributed by atoms with van der Waals surface area (Å²) in [6.45, 7) is 6.16. The van der Waals surface area contributed by atoms with Crippen LogP contribution in [0.1, 0.15) is 38.7 Å². The van der Waals surface area contributed by atoms with E-state index in [1.54, 1.807) is 0 Å². The molecule has 0 aromatic heterocycles. The first-order valence-corrected chi connectivity index (χ1v) is 5.76. The highest BCUT2D eigenvalue weighted by atomic mass is 16.5. The number of rotatable bonds is 5. The van der Waals surface area contributed by atoms with Crippen molar-refractivity contribution in [2.45, 2.75) is 39.2 Å². The molecule has 0 bridgehead atoms. The summed E-state index contributed by atoms with van der Waals surface area (Å²) in [6, 6.07) is 7.98. The van der Waals surface area contributed by atoms with Crippen LogP contribution in [-0.2, 0) is 0 Å². The molecule has 94 valence electrons. The second-order valence-electron chi connectivity index (χ2n) is 4.45. The lowest BCUT2D eigenvalue weighted by Gasteiger charge is -2.15. The van der Waals surface area contributed by atoms with Crippen molar-refractivity contribution in [1.29, 1.82) is 0 Å². The Morgan fingerprint density at radius 2 is 2.12 bits per heavy atom. The van der Waals surface area contributed by atoms with Gasteiger partial charge in [0.15, 0.2) is 0 Å². The summed E-state index contributed by atoms with van der Waals surface area (Å²) in [7, 11) is 0. The standard InChI is InChI=1S/C13H20N2O2/c1-9(2)11-5-4-6-12(8-11)17-10(3)7-13(14)15-16/h4-6,8-10,16H,7H2,1-3H3,(H2,14,15). The molecule has 0 fully saturated rings. The number of nitrogens with two attached hydrogens (primary N) is 1. The van der Waals surface area contributed by atoms with E-state index in [-0.39, 0.29) is 11.9 Å². The number of hydrogen-bond acceptors (Lipinski definition) is 3. The zero-order chi connectivity index (χ0) is 12.8. The third-order valence-electron chi connectivity index (χ3n) is 2.49. The molecule has 3 N–H and O–H groups in total. The van der Waals surface area contributed by atoms with E-state index in [4.69, 9.17) is 15.7 Å². The summed E-state index contributed by atoms with van der Waals surface area (Å²) >= 11 is 0. The van der Waals surface area contributed by atoms with Gasteiger partial charge in [0.05, 0.1) is 0 Å². The fourth-order valence-corrected chi connectivity index (χ4v) is 1.56. The lowest BCUT2D eigenvalue weighted by molar-refractivity contribution is 0.226. The molecule has 0 heterocycles. The van der Waals surface area contributed by atoms with Crippen molar-refractivity contribution in [3.05, 3.63) is 29.8 Å². The first-order valence-electron chi connectivity index (χ1n) is 5.76. The molecule has 1 rings (SSSR count). The van der Waals surface area contributed by atoms with Gasteiger partial charge in [-0.3, -0.25) is 0 Å². The summed E-state index contributed by atoms with van der Waals surface area (Å²) in [6.07, 6.45) is 0.288. The maximum absolute atomic E-state index is 8.47. The number of benzene rings is 1. The molecule has 0 aliphatic heterocycles. The first-order chi connectivity index (χ1) is 8.02. The van der Waals surface area contributed by atoms with E-state index >= 15 is 0 Å². The smallest absolute Gasteiger partial charge is 0.142 e. The summed E-state index contributed by atoms with van der Waals surface area (Å²) in [5.74, 6) is 1.46. The van der Waals surface area contributed by atoms with Crippen molar-refractivity contribution in [3.8, 4) is 5.75 Å². The van der Waals surface area contributed by atoms with Crippen LogP contribution in [0.4, 0.5) is 0 Å². The maximum atomic E-state index is 8.47. The second-order valence-corrected chi connectivity index (χ2v) is 4.45. The highest BCUT2D eigenvalue weighted by molar-refractivity contribution is 5.80. The average Bonchev–Trinajstić information content (AvgIpc) is 2.28. The van der Waals surface area contributed by atoms with Gasteiger partial charge in [0.25, 0.3) is 0 Å². The maximum Gasteiger partial charge on any atom is 0.142 e. The van der Waals surface area contributed by atoms with Gasteiger partial charge in [-0.2, -0.15) is 0 Å². The molecule has 0 saturated heterocycles. The van der Waals surface area contributed by atoms with Gasteiger partial charge in [-0.25, -0.2) is 0 Å². The van der Waals surface area contributed by atoms with Gasteiger partial charge in [0.2, 0.25) is 0 Å². The Kier molecular flexibility index (Phi) is 4.82. The van der Waals surface area contributed by atoms with Crippen molar-refractivity contribution in [1.82, 2.24) is 0 Å². The van der Waals surface area contributed by atoms with Crippen LogP contribution in [-0.4, -0.2) is 17.1 Å². The van der Waals surface area contributed by atoms with Gasteiger partial charge < -0.3 is 15.7 Å². The lowest BCUT2D eigenvalue weighted by atomic mass is 10.0. The van der Waals surface area contributed by atoms with Crippen molar-refractivity contribution in [2.75, 3.05) is 0 Å². The van der Waals surface area contributed by atoms with E-state index in [0.29, 0.717) is 12.3 Å². The van der Waals surface area contributed by atoms with Crippen LogP contribution in [0.2, 0.25) is 0 Å². The Morgan fingerprint density at radius 1 is 1.41 bits per heavy atom. The SMILES string of the molecule is CC(CC(N)=NO)Oc1cccc(C(C)C)c1.